The number of aliphatic hydroxyl groups is 3. The minimum absolute atomic E-state index is 0.0562. The van der Waals surface area contributed by atoms with E-state index in [-0.39, 0.29) is 36.0 Å². The average Bonchev–Trinajstić information content (AvgIpc) is 3.47. The second kappa shape index (κ2) is 18.9. The van der Waals surface area contributed by atoms with Crippen LogP contribution in [0.2, 0.25) is 0 Å². The fraction of sp³-hybridized carbons (Fsp3) is 0.659. The first-order chi connectivity index (χ1) is 27.5. The molecule has 4 rings (SSSR count). The van der Waals surface area contributed by atoms with Crippen LogP contribution in [0.1, 0.15) is 126 Å². The summed E-state index contributed by atoms with van der Waals surface area (Å²) in [6.07, 6.45) is -3.02. The highest BCUT2D eigenvalue weighted by molar-refractivity contribution is 5.88. The number of aryl methyl sites for hydroxylation is 1. The van der Waals surface area contributed by atoms with Gasteiger partial charge in [0, 0.05) is 37.4 Å². The minimum atomic E-state index is -2.57. The molecular formula is C44H63NO14. The van der Waals surface area contributed by atoms with E-state index in [0.29, 0.717) is 17.7 Å². The summed E-state index contributed by atoms with van der Waals surface area (Å²) in [5, 5.41) is 38.4. The van der Waals surface area contributed by atoms with Crippen LogP contribution in [-0.2, 0) is 54.0 Å². The number of amides is 1. The standard InChI is InChI=1S/C44H63NO14/c1-11-13-14-15-16-17-31(47)55-36-34-33(26(4)35(36)56-38(49)25(3)12-2)37-44(53,43(10,52)39(50)57-37)30(24-42(34,9)58-27(5)46)54-32(48)23-20-28-18-21-29(22-19-28)45-40(51)59-41(6,7)8/h12,18-19,21-22,30,34-37,39,50,52-53H,11,13-17,20,23-24H2,1-10H3,(H,45,51)/b25-12-/t30-,34+,35-,36-,37-,39-,42-,43+,44+/m0/s1. The van der Waals surface area contributed by atoms with Gasteiger partial charge in [0.1, 0.15) is 29.0 Å². The van der Waals surface area contributed by atoms with Crippen molar-refractivity contribution in [3.05, 3.63) is 52.6 Å². The number of nitrogens with one attached hydrogen (secondary N) is 1. The van der Waals surface area contributed by atoms with Crippen LogP contribution in [0.3, 0.4) is 0 Å². The maximum absolute atomic E-state index is 13.7. The molecule has 1 aliphatic heterocycles. The Balaban J connectivity index is 1.71. The Kier molecular flexibility index (Phi) is 15.2. The molecule has 3 aliphatic rings. The Morgan fingerprint density at radius 3 is 2.15 bits per heavy atom. The fourth-order valence-corrected chi connectivity index (χ4v) is 8.24. The number of esters is 4. The normalized spacial score (nSPS) is 30.4. The van der Waals surface area contributed by atoms with Gasteiger partial charge in [-0.3, -0.25) is 19.7 Å². The van der Waals surface area contributed by atoms with Gasteiger partial charge in [0.05, 0.1) is 5.92 Å². The van der Waals surface area contributed by atoms with Gasteiger partial charge >= 0.3 is 30.0 Å². The number of aliphatic hydroxyl groups excluding tert-OH is 1. The molecule has 15 nitrogen and oxygen atoms in total. The van der Waals surface area contributed by atoms with Crippen molar-refractivity contribution in [2.24, 2.45) is 5.92 Å². The zero-order valence-corrected chi connectivity index (χ0v) is 36.0. The molecule has 0 aromatic heterocycles. The van der Waals surface area contributed by atoms with Crippen LogP contribution in [0, 0.1) is 5.92 Å². The predicted octanol–water partition coefficient (Wildman–Crippen LogP) is 5.90. The molecule has 59 heavy (non-hydrogen) atoms. The van der Waals surface area contributed by atoms with E-state index in [1.54, 1.807) is 71.9 Å². The van der Waals surface area contributed by atoms with Gasteiger partial charge in [-0.1, -0.05) is 50.8 Å². The zero-order chi connectivity index (χ0) is 44.1. The van der Waals surface area contributed by atoms with Crippen molar-refractivity contribution in [1.29, 1.82) is 0 Å². The van der Waals surface area contributed by atoms with Gasteiger partial charge in [-0.25, -0.2) is 9.59 Å². The van der Waals surface area contributed by atoms with Gasteiger partial charge in [-0.2, -0.15) is 0 Å². The van der Waals surface area contributed by atoms with E-state index in [1.165, 1.54) is 13.8 Å². The molecular weight excluding hydrogens is 766 g/mol. The Hall–Kier alpha value is -4.31. The van der Waals surface area contributed by atoms with E-state index in [0.717, 1.165) is 32.6 Å². The predicted molar refractivity (Wildman–Crippen MR) is 214 cm³/mol. The highest BCUT2D eigenvalue weighted by atomic mass is 16.7. The summed E-state index contributed by atoms with van der Waals surface area (Å²) in [6.45, 7) is 16.0. The van der Waals surface area contributed by atoms with Crippen LogP contribution in [0.4, 0.5) is 10.5 Å². The number of benzene rings is 1. The van der Waals surface area contributed by atoms with E-state index >= 15 is 0 Å². The summed E-state index contributed by atoms with van der Waals surface area (Å²) in [5.41, 5.74) is -5.58. The average molecular weight is 830 g/mol. The first-order valence-electron chi connectivity index (χ1n) is 20.5. The maximum atomic E-state index is 13.7. The summed E-state index contributed by atoms with van der Waals surface area (Å²) in [5.74, 6) is -4.02. The summed E-state index contributed by atoms with van der Waals surface area (Å²) in [4.78, 5) is 65.7. The molecule has 9 atom stereocenters. The van der Waals surface area contributed by atoms with Crippen molar-refractivity contribution < 1.29 is 67.7 Å². The molecule has 0 radical (unpaired) electrons. The Labute approximate surface area is 346 Å². The number of allylic oxidation sites excluding steroid dienone is 1. The number of rotatable bonds is 15. The van der Waals surface area contributed by atoms with E-state index in [2.05, 4.69) is 12.2 Å². The molecule has 1 amide bonds. The van der Waals surface area contributed by atoms with Crippen molar-refractivity contribution in [3.8, 4) is 0 Å². The monoisotopic (exact) mass is 829 g/mol. The molecule has 1 saturated heterocycles. The van der Waals surface area contributed by atoms with Crippen LogP contribution in [0.15, 0.2) is 47.1 Å². The summed E-state index contributed by atoms with van der Waals surface area (Å²) < 4.78 is 35.4. The molecule has 1 aromatic carbocycles. The second-order valence-corrected chi connectivity index (χ2v) is 17.3. The highest BCUT2D eigenvalue weighted by Crippen LogP contribution is 2.58. The Morgan fingerprint density at radius 1 is 0.932 bits per heavy atom. The third-order valence-corrected chi connectivity index (χ3v) is 11.4. The molecule has 328 valence electrons. The van der Waals surface area contributed by atoms with Gasteiger partial charge in [0.15, 0.2) is 24.1 Å². The molecule has 0 unspecified atom stereocenters. The molecule has 0 bridgehead atoms. The van der Waals surface area contributed by atoms with Crippen molar-refractivity contribution >= 4 is 35.7 Å². The van der Waals surface area contributed by atoms with E-state index in [9.17, 15) is 39.3 Å². The van der Waals surface area contributed by atoms with Crippen LogP contribution < -0.4 is 5.32 Å². The number of ether oxygens (including phenoxy) is 6. The van der Waals surface area contributed by atoms with Crippen molar-refractivity contribution in [3.63, 3.8) is 0 Å². The van der Waals surface area contributed by atoms with Gasteiger partial charge in [-0.15, -0.1) is 0 Å². The van der Waals surface area contributed by atoms with Gasteiger partial charge in [-0.05, 0) is 97.1 Å². The van der Waals surface area contributed by atoms with Crippen LogP contribution in [-0.4, -0.2) is 98.4 Å². The highest BCUT2D eigenvalue weighted by Gasteiger charge is 2.75. The van der Waals surface area contributed by atoms with Gasteiger partial charge in [0.25, 0.3) is 0 Å². The number of unbranched alkanes of at least 4 members (excludes halogenated alkanes) is 4. The lowest BCUT2D eigenvalue weighted by molar-refractivity contribution is -0.227. The molecule has 0 spiro atoms. The lowest BCUT2D eigenvalue weighted by Crippen LogP contribution is -2.65. The zero-order valence-electron chi connectivity index (χ0n) is 36.0. The molecule has 15 heteroatoms. The number of anilines is 1. The van der Waals surface area contributed by atoms with Crippen LogP contribution in [0.25, 0.3) is 0 Å². The topological polar surface area (TPSA) is 213 Å². The Bertz CT molecular complexity index is 1780. The van der Waals surface area contributed by atoms with E-state index in [4.69, 9.17) is 28.4 Å². The fourth-order valence-electron chi connectivity index (χ4n) is 8.24. The number of hydrogen-bond acceptors (Lipinski definition) is 14. The van der Waals surface area contributed by atoms with Crippen molar-refractivity contribution in [1.82, 2.24) is 0 Å². The number of carbonyl (C=O) groups is 5. The molecule has 2 aliphatic carbocycles. The third kappa shape index (κ3) is 10.7. The summed E-state index contributed by atoms with van der Waals surface area (Å²) in [7, 11) is 0. The SMILES string of the molecule is C/C=C(/C)C(=O)O[C@H]1C(C)=C2[C@H]([C@@H]1OC(=O)CCCCCCC)[C@@](C)(OC(C)=O)C[C@H](OC(=O)CCc1ccc(NC(=O)OC(C)(C)C)cc1)[C@@]1(O)[C@H]2O[C@H](O)[C@@]1(C)O. The first-order valence-corrected chi connectivity index (χ1v) is 20.5. The Morgan fingerprint density at radius 2 is 1.56 bits per heavy atom. The van der Waals surface area contributed by atoms with Crippen LogP contribution in [0.5, 0.6) is 0 Å². The first kappa shape index (κ1) is 47.4. The van der Waals surface area contributed by atoms with Crippen molar-refractivity contribution in [2.45, 2.75) is 180 Å². The minimum Gasteiger partial charge on any atom is -0.459 e. The summed E-state index contributed by atoms with van der Waals surface area (Å²) >= 11 is 0. The molecule has 2 fully saturated rings. The molecule has 1 aromatic rings. The lowest BCUT2D eigenvalue weighted by atomic mass is 9.75. The summed E-state index contributed by atoms with van der Waals surface area (Å²) in [6, 6.07) is 6.72. The quantitative estimate of drug-likeness (QED) is 0.0533. The van der Waals surface area contributed by atoms with E-state index < -0.39 is 95.4 Å². The smallest absolute Gasteiger partial charge is 0.412 e. The third-order valence-electron chi connectivity index (χ3n) is 11.4. The van der Waals surface area contributed by atoms with E-state index in [1.807, 2.05) is 0 Å². The number of fused-ring (bicyclic) bond motifs is 3. The largest absolute Gasteiger partial charge is 0.459 e. The molecule has 4 N–H and O–H groups in total. The molecule has 1 saturated carbocycles. The number of carbonyl (C=O) groups excluding carboxylic acids is 5. The molecule has 1 heterocycles. The maximum Gasteiger partial charge on any atom is 0.412 e. The van der Waals surface area contributed by atoms with Crippen molar-refractivity contribution in [2.75, 3.05) is 5.32 Å². The van der Waals surface area contributed by atoms with Crippen LogP contribution >= 0.6 is 0 Å². The number of hydrogen-bond donors (Lipinski definition) is 4. The lowest BCUT2D eigenvalue weighted by Gasteiger charge is -2.43. The van der Waals surface area contributed by atoms with Gasteiger partial charge in [0.2, 0.25) is 0 Å². The second-order valence-electron chi connectivity index (χ2n) is 17.3. The van der Waals surface area contributed by atoms with Gasteiger partial charge < -0.3 is 43.7 Å².